The van der Waals surface area contributed by atoms with Crippen molar-refractivity contribution >= 4 is 21.6 Å². The molecule has 0 unspecified atom stereocenters. The predicted octanol–water partition coefficient (Wildman–Crippen LogP) is 4.07. The molecular weight excluding hydrogens is 426 g/mol. The molecule has 2 saturated heterocycles. The second kappa shape index (κ2) is 6.45. The molecule has 1 aromatic rings. The number of aromatic nitrogens is 3. The summed E-state index contributed by atoms with van der Waals surface area (Å²) in [5, 5.41) is 15.0. The zero-order valence-electron chi connectivity index (χ0n) is 14.4. The van der Waals surface area contributed by atoms with Crippen molar-refractivity contribution in [3.05, 3.63) is 16.4 Å². The molecule has 27 heavy (non-hydrogen) atoms. The summed E-state index contributed by atoms with van der Waals surface area (Å²) in [6.45, 7) is 3.90. The summed E-state index contributed by atoms with van der Waals surface area (Å²) in [6.07, 6.45) is 3.85. The van der Waals surface area contributed by atoms with Gasteiger partial charge in [0, 0.05) is 31.6 Å². The van der Waals surface area contributed by atoms with E-state index in [2.05, 4.69) is 38.2 Å². The molecule has 0 radical (unpaired) electrons. The molecule has 0 spiro atoms. The van der Waals surface area contributed by atoms with Crippen LogP contribution in [0, 0.1) is 10.1 Å². The molecule has 158 valence electrons. The van der Waals surface area contributed by atoms with Crippen LogP contribution in [0.5, 0.6) is 0 Å². The Morgan fingerprint density at radius 2 is 1.48 bits per heavy atom. The molecule has 0 aromatic carbocycles. The Hall–Kier alpha value is -1.14. The predicted molar refractivity (Wildman–Crippen MR) is 88.6 cm³/mol. The number of likely N-dealkylation sites (N-methyl/N-ethyl adjacent to an activating group) is 2. The number of nitro groups is 1. The summed E-state index contributed by atoms with van der Waals surface area (Å²) >= 11 is 0. The van der Waals surface area contributed by atoms with Crippen LogP contribution in [0.4, 0.5) is 31.1 Å². The molecule has 3 rings (SSSR count). The van der Waals surface area contributed by atoms with E-state index < -0.39 is 20.6 Å². The Balaban J connectivity index is 0.000000321. The van der Waals surface area contributed by atoms with Gasteiger partial charge in [-0.15, -0.1) is 14.0 Å². The maximum absolute atomic E-state index is 10.9. The Kier molecular flexibility index (Phi) is 5.29. The van der Waals surface area contributed by atoms with Crippen molar-refractivity contribution < 1.29 is 30.1 Å². The Labute approximate surface area is 150 Å². The van der Waals surface area contributed by atoms with Gasteiger partial charge in [-0.25, -0.2) is 0 Å². The van der Waals surface area contributed by atoms with Gasteiger partial charge in [-0.1, -0.05) is 0 Å². The number of rotatable bonds is 3. The third kappa shape index (κ3) is 5.67. The molecule has 1 aromatic heterocycles. The van der Waals surface area contributed by atoms with Crippen molar-refractivity contribution in [3.8, 4) is 0 Å². The molecule has 2 aliphatic heterocycles. The van der Waals surface area contributed by atoms with E-state index in [9.17, 15) is 35.3 Å². The first-order valence-electron chi connectivity index (χ1n) is 7.73. The van der Waals surface area contributed by atoms with Gasteiger partial charge in [0.05, 0.1) is 18.2 Å². The summed E-state index contributed by atoms with van der Waals surface area (Å²) in [5.74, 6) is -0.322. The van der Waals surface area contributed by atoms with Gasteiger partial charge in [-0.2, -0.15) is 0 Å². The van der Waals surface area contributed by atoms with E-state index >= 15 is 0 Å². The third-order valence-corrected chi connectivity index (χ3v) is 8.17. The van der Waals surface area contributed by atoms with Crippen LogP contribution < -0.4 is 0 Å². The van der Waals surface area contributed by atoms with E-state index in [0.29, 0.717) is 0 Å². The second-order valence-electron chi connectivity index (χ2n) is 6.14. The van der Waals surface area contributed by atoms with Crippen LogP contribution in [0.1, 0.15) is 12.8 Å². The van der Waals surface area contributed by atoms with Crippen molar-refractivity contribution in [1.29, 1.82) is 0 Å². The van der Waals surface area contributed by atoms with Crippen molar-refractivity contribution in [2.45, 2.75) is 12.8 Å². The Morgan fingerprint density at radius 3 is 1.85 bits per heavy atom. The van der Waals surface area contributed by atoms with Gasteiger partial charge in [0.25, 0.3) is 6.33 Å². The van der Waals surface area contributed by atoms with Crippen molar-refractivity contribution in [3.63, 3.8) is 0 Å². The van der Waals surface area contributed by atoms with E-state index in [1.807, 2.05) is 0 Å². The fourth-order valence-electron chi connectivity index (χ4n) is 3.12. The maximum atomic E-state index is 10.9. The number of hydrogen-bond donors (Lipinski definition) is 0. The molecule has 0 bridgehead atoms. The molecule has 3 heterocycles. The van der Waals surface area contributed by atoms with Crippen molar-refractivity contribution in [2.75, 3.05) is 40.3 Å². The minimum atomic E-state index is -10.7. The molecule has 17 heteroatoms. The normalized spacial score (nSPS) is 24.1. The molecule has 9 nitrogen and oxygen atoms in total. The van der Waals surface area contributed by atoms with Crippen LogP contribution >= 0.6 is 15.7 Å². The van der Waals surface area contributed by atoms with Gasteiger partial charge < -0.3 is 10.1 Å². The monoisotopic (exact) mass is 445 g/mol. The fraction of sp³-hybridized carbons (Fsp3) is 0.800. The first kappa shape index (κ1) is 22.2. The van der Waals surface area contributed by atoms with Crippen LogP contribution in [0.3, 0.4) is 0 Å². The van der Waals surface area contributed by atoms with Gasteiger partial charge in [0.1, 0.15) is 0 Å². The van der Waals surface area contributed by atoms with E-state index in [1.165, 1.54) is 19.2 Å². The summed E-state index contributed by atoms with van der Waals surface area (Å²) in [7, 11) is -8.52. The summed E-state index contributed by atoms with van der Waals surface area (Å²) in [6, 6.07) is 0. The van der Waals surface area contributed by atoms with Gasteiger partial charge in [-0.05, 0) is 22.7 Å². The van der Waals surface area contributed by atoms with Crippen LogP contribution in [-0.2, 0) is 0 Å². The van der Waals surface area contributed by atoms with Gasteiger partial charge in [0.15, 0.2) is 0 Å². The molecule has 0 amide bonds. The molecule has 0 N–H and O–H groups in total. The van der Waals surface area contributed by atoms with Crippen LogP contribution in [0.15, 0.2) is 6.33 Å². The van der Waals surface area contributed by atoms with Crippen LogP contribution in [0.25, 0.3) is 0 Å². The molecule has 2 fully saturated rings. The summed E-state index contributed by atoms with van der Waals surface area (Å²) in [5.41, 5.74) is 0. The van der Waals surface area contributed by atoms with E-state index in [0.717, 1.165) is 26.2 Å². The number of hydrogen-bond acceptors (Lipinski definition) is 7. The first-order chi connectivity index (χ1) is 12.0. The average Bonchev–Trinajstić information content (AvgIpc) is 3.17. The molecule has 0 aliphatic carbocycles. The fourth-order valence-corrected chi connectivity index (χ4v) is 7.32. The number of halogens is 6. The summed E-state index contributed by atoms with van der Waals surface area (Å²) < 4.78 is 67.9. The van der Waals surface area contributed by atoms with E-state index in [4.69, 9.17) is 0 Å². The average molecular weight is 445 g/mol. The molecule has 0 atom stereocenters. The minimum absolute atomic E-state index is 0.322. The van der Waals surface area contributed by atoms with E-state index in [-0.39, 0.29) is 5.95 Å². The van der Waals surface area contributed by atoms with Gasteiger partial charge in [-0.3, -0.25) is 0 Å². The summed E-state index contributed by atoms with van der Waals surface area (Å²) in [4.78, 5) is 14.2. The zero-order valence-corrected chi connectivity index (χ0v) is 16.2. The van der Waals surface area contributed by atoms with Crippen molar-refractivity contribution in [1.82, 2.24) is 28.5 Å². The first-order valence-corrected chi connectivity index (χ1v) is 11.4. The molecular formula is C10H19F6N7O2P2. The van der Waals surface area contributed by atoms with Gasteiger partial charge >= 0.3 is 46.8 Å². The quantitative estimate of drug-likeness (QED) is 0.300. The van der Waals surface area contributed by atoms with Crippen molar-refractivity contribution in [2.24, 2.45) is 0 Å². The number of nitrogens with zero attached hydrogens (tertiary/aromatic N) is 7. The Bertz CT molecular complexity index is 687. The topological polar surface area (TPSA) is 83.6 Å². The standard InChI is InChI=1S/C10H19N7O2P.F6P/c1-13-7-8-14(2)20(13,15-5-3-4-6-15)16-9-11-10(12-16)17(18)19;1-7(2,3,4,5)6/h9H,3-8H2,1-2H3;/q+1;-1. The zero-order chi connectivity index (χ0) is 20.7. The molecule has 2 aliphatic rings. The van der Waals surface area contributed by atoms with Crippen LogP contribution in [0.2, 0.25) is 0 Å². The third-order valence-electron chi connectivity index (χ3n) is 4.03. The molecule has 0 saturated carbocycles. The SMILES string of the molecule is CN1CCN(C)[P+]1(N1CCCC1)n1cnc([N+](=O)[O-])n1.F[P-](F)(F)(F)(F)F. The van der Waals surface area contributed by atoms with Crippen LogP contribution in [-0.4, -0.2) is 73.7 Å². The second-order valence-corrected chi connectivity index (χ2v) is 11.5. The Morgan fingerprint density at radius 1 is 1.04 bits per heavy atom. The van der Waals surface area contributed by atoms with Gasteiger partial charge in [0.2, 0.25) is 0 Å². The van der Waals surface area contributed by atoms with E-state index in [1.54, 1.807) is 4.45 Å².